The summed E-state index contributed by atoms with van der Waals surface area (Å²) in [7, 11) is 0. The van der Waals surface area contributed by atoms with Crippen molar-refractivity contribution >= 4 is 24.8 Å². The molecule has 1 aliphatic rings. The first-order chi connectivity index (χ1) is 11.1. The summed E-state index contributed by atoms with van der Waals surface area (Å²) in [6.45, 7) is 6.39. The Balaban J connectivity index is 0.000000443. The van der Waals surface area contributed by atoms with E-state index >= 15 is 0 Å². The van der Waals surface area contributed by atoms with Crippen molar-refractivity contribution in [2.24, 2.45) is 0 Å². The molecule has 0 saturated heterocycles. The molecule has 130 valence electrons. The normalized spacial score (nSPS) is 10.9. The van der Waals surface area contributed by atoms with Crippen molar-refractivity contribution in [3.8, 4) is 0 Å². The van der Waals surface area contributed by atoms with Gasteiger partial charge in [-0.15, -0.1) is 46.2 Å². The Morgan fingerprint density at radius 2 is 1.64 bits per heavy atom. The van der Waals surface area contributed by atoms with Crippen LogP contribution < -0.4 is 24.8 Å². The van der Waals surface area contributed by atoms with Gasteiger partial charge in [0.2, 0.25) is 0 Å². The van der Waals surface area contributed by atoms with Gasteiger partial charge in [0, 0.05) is 0 Å². The van der Waals surface area contributed by atoms with Crippen molar-refractivity contribution in [1.82, 2.24) is 0 Å². The van der Waals surface area contributed by atoms with Gasteiger partial charge in [0.25, 0.3) is 0 Å². The number of allylic oxidation sites excluding steroid dienone is 4. The molecule has 0 spiro atoms. The maximum atomic E-state index is 2.99. The molecule has 0 atom stereocenters. The third kappa shape index (κ3) is 7.91. The van der Waals surface area contributed by atoms with E-state index in [2.05, 4.69) is 81.5 Å². The number of hydrogen-bond acceptors (Lipinski definition) is 0. The SMILES string of the molecule is C[C](C)=[Zr+2].Cc1ccc2[cH-]c3ccccc3c2c1.[C-]1=CC=CC1.[Cl-].[Cl-]. The predicted octanol–water partition coefficient (Wildman–Crippen LogP) is 0.0794. The fourth-order valence-electron chi connectivity index (χ4n) is 2.41. The zero-order valence-electron chi connectivity index (χ0n) is 14.8. The first-order valence-electron chi connectivity index (χ1n) is 7.86. The maximum absolute atomic E-state index is 2.99. The molecule has 0 bridgehead atoms. The van der Waals surface area contributed by atoms with Crippen LogP contribution in [0.25, 0.3) is 21.5 Å². The zero-order valence-corrected chi connectivity index (χ0v) is 18.8. The first-order valence-corrected chi connectivity index (χ1v) is 9.09. The van der Waals surface area contributed by atoms with Gasteiger partial charge < -0.3 is 24.8 Å². The number of benzene rings is 2. The van der Waals surface area contributed by atoms with Gasteiger partial charge in [-0.1, -0.05) is 35.9 Å². The quantitative estimate of drug-likeness (QED) is 0.428. The number of halogens is 2. The van der Waals surface area contributed by atoms with Crippen molar-refractivity contribution in [1.29, 1.82) is 0 Å². The summed E-state index contributed by atoms with van der Waals surface area (Å²) in [6.07, 6.45) is 10.0. The zero-order chi connectivity index (χ0) is 16.7. The van der Waals surface area contributed by atoms with Crippen LogP contribution >= 0.6 is 0 Å². The van der Waals surface area contributed by atoms with E-state index in [9.17, 15) is 0 Å². The summed E-state index contributed by atoms with van der Waals surface area (Å²) in [5.41, 5.74) is 1.33. The molecule has 0 aromatic heterocycles. The molecule has 3 aromatic carbocycles. The van der Waals surface area contributed by atoms with Gasteiger partial charge in [0.15, 0.2) is 0 Å². The number of hydrogen-bond donors (Lipinski definition) is 0. The number of fused-ring (bicyclic) bond motifs is 3. The summed E-state index contributed by atoms with van der Waals surface area (Å²) in [4.78, 5) is 0. The van der Waals surface area contributed by atoms with E-state index in [0.29, 0.717) is 0 Å². The van der Waals surface area contributed by atoms with Gasteiger partial charge in [-0.2, -0.15) is 6.08 Å². The van der Waals surface area contributed by atoms with Crippen LogP contribution in [0.15, 0.2) is 66.8 Å². The second kappa shape index (κ2) is 12.5. The van der Waals surface area contributed by atoms with Crippen LogP contribution in [-0.2, 0) is 24.2 Å². The molecule has 0 amide bonds. The molecule has 0 N–H and O–H groups in total. The first kappa shape index (κ1) is 24.1. The van der Waals surface area contributed by atoms with Crippen molar-refractivity contribution < 1.29 is 49.0 Å². The Bertz CT molecular complexity index is 843. The van der Waals surface area contributed by atoms with E-state index in [-0.39, 0.29) is 24.8 Å². The Kier molecular flexibility index (Phi) is 12.0. The molecule has 0 radical (unpaired) electrons. The smallest absolute Gasteiger partial charge is 0.0410 e. The largest absolute Gasteiger partial charge is 1.00 e. The maximum Gasteiger partial charge on any atom is -0.0410 e. The fourth-order valence-corrected chi connectivity index (χ4v) is 2.41. The Morgan fingerprint density at radius 3 is 2.20 bits per heavy atom. The average Bonchev–Trinajstić information content (AvgIpc) is 3.17. The van der Waals surface area contributed by atoms with Crippen LogP contribution in [0.4, 0.5) is 0 Å². The molecule has 1 aliphatic carbocycles. The van der Waals surface area contributed by atoms with Crippen molar-refractivity contribution in [3.63, 3.8) is 0 Å². The third-order valence-corrected chi connectivity index (χ3v) is 3.36. The molecule has 4 rings (SSSR count). The van der Waals surface area contributed by atoms with Crippen molar-refractivity contribution in [2.45, 2.75) is 27.2 Å². The summed E-state index contributed by atoms with van der Waals surface area (Å²) in [5.74, 6) is 0. The molecular formula is C22H22Cl2Zr-2. The van der Waals surface area contributed by atoms with E-state index in [1.54, 1.807) is 24.2 Å². The van der Waals surface area contributed by atoms with Gasteiger partial charge in [-0.05, 0) is 6.92 Å². The molecule has 0 saturated carbocycles. The van der Waals surface area contributed by atoms with Gasteiger partial charge in [-0.3, -0.25) is 6.08 Å². The standard InChI is InChI=1S/C14H11.C5H5.C3H6.2ClH.Zr/c1-10-6-7-12-9-11-4-2-3-5-13(11)14(12)8-10;1-2-4-5-3-1;1-3-2;;;/h2-9H,1H3;1-3H,4H2;1-2H3;2*1H;/q2*-1;;;;+2/p-2. The molecular weight excluding hydrogens is 426 g/mol. The van der Waals surface area contributed by atoms with E-state index in [4.69, 9.17) is 0 Å². The second-order valence-electron chi connectivity index (χ2n) is 5.83. The van der Waals surface area contributed by atoms with E-state index < -0.39 is 0 Å². The van der Waals surface area contributed by atoms with Crippen molar-refractivity contribution in [2.75, 3.05) is 0 Å². The Labute approximate surface area is 178 Å². The van der Waals surface area contributed by atoms with E-state index in [0.717, 1.165) is 6.42 Å². The van der Waals surface area contributed by atoms with Crippen LogP contribution in [0, 0.1) is 13.0 Å². The number of aryl methyl sites for hydroxylation is 1. The summed E-state index contributed by atoms with van der Waals surface area (Å²) >= 11 is 1.55. The summed E-state index contributed by atoms with van der Waals surface area (Å²) in [5, 5.41) is 5.43. The average molecular weight is 449 g/mol. The Morgan fingerprint density at radius 1 is 1.00 bits per heavy atom. The van der Waals surface area contributed by atoms with Gasteiger partial charge in [0.05, 0.1) is 0 Å². The number of rotatable bonds is 0. The molecule has 0 heterocycles. The summed E-state index contributed by atoms with van der Waals surface area (Å²) in [6, 6.07) is 17.4. The minimum Gasteiger partial charge on any atom is -1.00 e. The minimum absolute atomic E-state index is 0. The van der Waals surface area contributed by atoms with Gasteiger partial charge >= 0.3 is 41.3 Å². The predicted molar refractivity (Wildman–Crippen MR) is 99.7 cm³/mol. The Hall–Kier alpha value is -0.877. The summed E-state index contributed by atoms with van der Waals surface area (Å²) < 4.78 is 1.51. The molecule has 3 aromatic rings. The van der Waals surface area contributed by atoms with Crippen LogP contribution in [-0.4, -0.2) is 3.21 Å². The van der Waals surface area contributed by atoms with E-state index in [1.807, 2.05) is 12.2 Å². The topological polar surface area (TPSA) is 0 Å². The van der Waals surface area contributed by atoms with Gasteiger partial charge in [-0.25, -0.2) is 12.2 Å². The van der Waals surface area contributed by atoms with Crippen molar-refractivity contribution in [3.05, 3.63) is 78.4 Å². The second-order valence-corrected chi connectivity index (χ2v) is 8.28. The molecule has 0 fully saturated rings. The van der Waals surface area contributed by atoms with Crippen LogP contribution in [0.5, 0.6) is 0 Å². The minimum atomic E-state index is 0. The molecule has 0 aliphatic heterocycles. The van der Waals surface area contributed by atoms with Crippen LogP contribution in [0.3, 0.4) is 0 Å². The fraction of sp³-hybridized carbons (Fsp3) is 0.182. The van der Waals surface area contributed by atoms with Crippen LogP contribution in [0.1, 0.15) is 25.8 Å². The van der Waals surface area contributed by atoms with Crippen LogP contribution in [0.2, 0.25) is 0 Å². The molecule has 3 heteroatoms. The molecule has 25 heavy (non-hydrogen) atoms. The molecule has 0 nitrogen and oxygen atoms in total. The monoisotopic (exact) mass is 446 g/mol. The third-order valence-electron chi connectivity index (χ3n) is 3.36. The molecule has 0 unspecified atom stereocenters. The van der Waals surface area contributed by atoms with E-state index in [1.165, 1.54) is 30.3 Å². The van der Waals surface area contributed by atoms with Gasteiger partial charge in [0.1, 0.15) is 0 Å².